The summed E-state index contributed by atoms with van der Waals surface area (Å²) >= 11 is 1.87. The molecule has 0 spiro atoms. The first-order valence-electron chi connectivity index (χ1n) is 19.6. The summed E-state index contributed by atoms with van der Waals surface area (Å²) < 4.78 is 15.4. The molecule has 0 unspecified atom stereocenters. The summed E-state index contributed by atoms with van der Waals surface area (Å²) in [4.78, 5) is 2.43. The van der Waals surface area contributed by atoms with Crippen LogP contribution < -0.4 is 4.90 Å². The second-order valence-corrected chi connectivity index (χ2v) is 15.9. The van der Waals surface area contributed by atoms with Gasteiger partial charge in [-0.2, -0.15) is 0 Å². The van der Waals surface area contributed by atoms with Crippen molar-refractivity contribution >= 4 is 92.4 Å². The molecule has 58 heavy (non-hydrogen) atoms. The molecule has 272 valence electrons. The van der Waals surface area contributed by atoms with Gasteiger partial charge >= 0.3 is 0 Å². The Bertz CT molecular complexity index is 3510. The molecule has 0 atom stereocenters. The Morgan fingerprint density at radius 1 is 0.345 bits per heavy atom. The predicted molar refractivity (Wildman–Crippen MR) is 245 cm³/mol. The van der Waals surface area contributed by atoms with Crippen LogP contribution in [0.2, 0.25) is 0 Å². The van der Waals surface area contributed by atoms with E-state index in [1.54, 1.807) is 0 Å². The molecular weight excluding hydrogens is 727 g/mol. The molecule has 0 radical (unpaired) electrons. The van der Waals surface area contributed by atoms with E-state index in [-0.39, 0.29) is 0 Å². The molecule has 3 nitrogen and oxygen atoms in total. The zero-order chi connectivity index (χ0) is 38.2. The predicted octanol–water partition coefficient (Wildman–Crippen LogP) is 16.3. The number of hydrogen-bond acceptors (Lipinski definition) is 4. The van der Waals surface area contributed by atoms with Crippen molar-refractivity contribution in [2.75, 3.05) is 4.90 Å². The van der Waals surface area contributed by atoms with E-state index >= 15 is 0 Å². The van der Waals surface area contributed by atoms with E-state index in [4.69, 9.17) is 8.83 Å². The molecule has 0 aliphatic rings. The summed E-state index contributed by atoms with van der Waals surface area (Å²) in [6.45, 7) is 0. The lowest BCUT2D eigenvalue weighted by Crippen LogP contribution is -2.10. The maximum absolute atomic E-state index is 6.55. The van der Waals surface area contributed by atoms with Crippen LogP contribution in [0.25, 0.3) is 97.4 Å². The standard InChI is InChI=1S/C54H33NO2S/c1-4-13-34(14-5-1)37-23-26-43-51(31-37)58-54-41(36-17-8-3-9-18-36)27-28-46(53(43)54)55(38-24-29-48-44(32-38)42-19-10-11-21-47(42)56-48)39-25-30-49-45(33-39)52-40(20-12-22-50(52)57-49)35-15-6-2-7-16-35/h1-33H. The van der Waals surface area contributed by atoms with Gasteiger partial charge in [0.25, 0.3) is 0 Å². The number of thiophene rings is 1. The second-order valence-electron chi connectivity index (χ2n) is 14.8. The topological polar surface area (TPSA) is 29.5 Å². The molecule has 0 aliphatic carbocycles. The molecule has 3 aromatic heterocycles. The van der Waals surface area contributed by atoms with E-state index in [2.05, 4.69) is 193 Å². The van der Waals surface area contributed by atoms with Crippen molar-refractivity contribution in [2.24, 2.45) is 0 Å². The van der Waals surface area contributed by atoms with Crippen molar-refractivity contribution in [3.63, 3.8) is 0 Å². The summed E-state index contributed by atoms with van der Waals surface area (Å²) in [6.07, 6.45) is 0. The minimum Gasteiger partial charge on any atom is -0.456 e. The SMILES string of the molecule is c1ccc(-c2ccc3c(c2)sc2c(-c4ccccc4)ccc(N(c4ccc5oc6ccccc6c5c4)c4ccc5oc6cccc(-c7ccccc7)c6c5c4)c23)cc1. The number of hydrogen-bond donors (Lipinski definition) is 0. The van der Waals surface area contributed by atoms with E-state index in [1.807, 2.05) is 23.5 Å². The molecule has 4 heteroatoms. The fraction of sp³-hybridized carbons (Fsp3) is 0. The lowest BCUT2D eigenvalue weighted by Gasteiger charge is -2.27. The highest BCUT2D eigenvalue weighted by atomic mass is 32.1. The van der Waals surface area contributed by atoms with E-state index in [1.165, 1.54) is 42.4 Å². The van der Waals surface area contributed by atoms with Gasteiger partial charge in [-0.1, -0.05) is 140 Å². The fourth-order valence-corrected chi connectivity index (χ4v) is 10.1. The Hall–Kier alpha value is -7.40. The highest BCUT2D eigenvalue weighted by Crippen LogP contribution is 2.50. The van der Waals surface area contributed by atoms with Gasteiger partial charge in [0.05, 0.1) is 5.69 Å². The van der Waals surface area contributed by atoms with Gasteiger partial charge in [-0.25, -0.2) is 0 Å². The number of para-hydroxylation sites is 1. The molecule has 0 saturated carbocycles. The molecule has 12 aromatic rings. The van der Waals surface area contributed by atoms with Crippen molar-refractivity contribution in [2.45, 2.75) is 0 Å². The molecule has 12 rings (SSSR count). The number of nitrogens with zero attached hydrogens (tertiary/aromatic N) is 1. The van der Waals surface area contributed by atoms with Crippen LogP contribution in [0.1, 0.15) is 0 Å². The molecule has 0 fully saturated rings. The normalized spacial score (nSPS) is 11.8. The Kier molecular flexibility index (Phi) is 7.40. The van der Waals surface area contributed by atoms with Crippen molar-refractivity contribution in [3.05, 3.63) is 200 Å². The zero-order valence-electron chi connectivity index (χ0n) is 31.2. The van der Waals surface area contributed by atoms with Crippen molar-refractivity contribution < 1.29 is 8.83 Å². The summed E-state index contributed by atoms with van der Waals surface area (Å²) in [6, 6.07) is 71.5. The summed E-state index contributed by atoms with van der Waals surface area (Å²) in [5, 5.41) is 6.82. The number of fused-ring (bicyclic) bond motifs is 9. The molecule has 0 saturated heterocycles. The minimum atomic E-state index is 0.859. The lowest BCUT2D eigenvalue weighted by molar-refractivity contribution is 0.668. The van der Waals surface area contributed by atoms with Crippen LogP contribution in [0.5, 0.6) is 0 Å². The third-order valence-corrected chi connectivity index (χ3v) is 12.7. The van der Waals surface area contributed by atoms with E-state index in [0.29, 0.717) is 0 Å². The Morgan fingerprint density at radius 2 is 0.948 bits per heavy atom. The molecule has 0 aliphatic heterocycles. The van der Waals surface area contributed by atoms with Crippen molar-refractivity contribution in [1.82, 2.24) is 0 Å². The van der Waals surface area contributed by atoms with E-state index in [0.717, 1.165) is 72.1 Å². The number of furan rings is 2. The van der Waals surface area contributed by atoms with Crippen molar-refractivity contribution in [1.29, 1.82) is 0 Å². The van der Waals surface area contributed by atoms with Gasteiger partial charge in [-0.15, -0.1) is 11.3 Å². The Balaban J connectivity index is 1.16. The van der Waals surface area contributed by atoms with Gasteiger partial charge < -0.3 is 13.7 Å². The Labute approximate surface area is 338 Å². The van der Waals surface area contributed by atoms with Crippen molar-refractivity contribution in [3.8, 4) is 33.4 Å². The number of rotatable bonds is 6. The van der Waals surface area contributed by atoms with Gasteiger partial charge in [0.1, 0.15) is 22.3 Å². The van der Waals surface area contributed by atoms with Crippen LogP contribution in [0.15, 0.2) is 209 Å². The van der Waals surface area contributed by atoms with E-state index in [9.17, 15) is 0 Å². The van der Waals surface area contributed by atoms with Crippen LogP contribution in [-0.2, 0) is 0 Å². The molecule has 0 bridgehead atoms. The lowest BCUT2D eigenvalue weighted by atomic mass is 9.98. The van der Waals surface area contributed by atoms with Crippen LogP contribution >= 0.6 is 11.3 Å². The van der Waals surface area contributed by atoms with Gasteiger partial charge in [-0.05, 0) is 94.0 Å². The molecule has 3 heterocycles. The fourth-order valence-electron chi connectivity index (χ4n) is 8.80. The highest BCUT2D eigenvalue weighted by molar-refractivity contribution is 7.26. The average Bonchev–Trinajstić information content (AvgIpc) is 3.98. The monoisotopic (exact) mass is 759 g/mol. The van der Waals surface area contributed by atoms with Gasteiger partial charge in [0.15, 0.2) is 0 Å². The smallest absolute Gasteiger partial charge is 0.136 e. The van der Waals surface area contributed by atoms with E-state index < -0.39 is 0 Å². The van der Waals surface area contributed by atoms with Gasteiger partial charge in [0.2, 0.25) is 0 Å². The first-order valence-corrected chi connectivity index (χ1v) is 20.4. The van der Waals surface area contributed by atoms with Crippen LogP contribution in [0, 0.1) is 0 Å². The first-order chi connectivity index (χ1) is 28.7. The minimum absolute atomic E-state index is 0.859. The first kappa shape index (κ1) is 32.8. The third-order valence-electron chi connectivity index (χ3n) is 11.5. The zero-order valence-corrected chi connectivity index (χ0v) is 32.0. The average molecular weight is 760 g/mol. The Morgan fingerprint density at radius 3 is 1.71 bits per heavy atom. The molecule has 0 amide bonds. The summed E-state index contributed by atoms with van der Waals surface area (Å²) in [5.74, 6) is 0. The third kappa shape index (κ3) is 5.19. The second kappa shape index (κ2) is 13.1. The van der Waals surface area contributed by atoms with Gasteiger partial charge in [0, 0.05) is 53.1 Å². The largest absolute Gasteiger partial charge is 0.456 e. The quantitative estimate of drug-likeness (QED) is 0.169. The van der Waals surface area contributed by atoms with Crippen LogP contribution in [-0.4, -0.2) is 0 Å². The number of anilines is 3. The van der Waals surface area contributed by atoms with Crippen LogP contribution in [0.3, 0.4) is 0 Å². The molecular formula is C54H33NO2S. The van der Waals surface area contributed by atoms with Gasteiger partial charge in [-0.3, -0.25) is 0 Å². The maximum atomic E-state index is 6.55. The van der Waals surface area contributed by atoms with Crippen LogP contribution in [0.4, 0.5) is 17.1 Å². The number of benzene rings is 9. The molecule has 0 N–H and O–H groups in total. The molecule has 9 aromatic carbocycles. The highest BCUT2D eigenvalue weighted by Gasteiger charge is 2.24. The maximum Gasteiger partial charge on any atom is 0.136 e. The summed E-state index contributed by atoms with van der Waals surface area (Å²) in [5.41, 5.74) is 13.8. The summed E-state index contributed by atoms with van der Waals surface area (Å²) in [7, 11) is 0.